The first-order valence-electron chi connectivity index (χ1n) is 6.57. The van der Waals surface area contributed by atoms with Crippen molar-refractivity contribution in [1.29, 1.82) is 0 Å². The number of rotatable bonds is 6. The van der Waals surface area contributed by atoms with Crippen LogP contribution in [0.3, 0.4) is 0 Å². The average molecular weight is 292 g/mol. The molecule has 112 valence electrons. The largest absolute Gasteiger partial charge is 0.481 e. The molecule has 0 saturated carbocycles. The zero-order chi connectivity index (χ0) is 15.4. The Balaban J connectivity index is 1.94. The quantitative estimate of drug-likeness (QED) is 0.605. The van der Waals surface area contributed by atoms with Crippen molar-refractivity contribution in [3.8, 4) is 0 Å². The number of carboxylic acid groups (broad SMARTS) is 2. The second-order valence-electron chi connectivity index (χ2n) is 4.89. The van der Waals surface area contributed by atoms with E-state index in [9.17, 15) is 14.4 Å². The standard InChI is InChI=1S/C14H16N2O5/c17-12(18)6-5-10(14(20)21)16-13(19)11-7-8-3-1-2-4-9(8)15-11/h1-4,10-11,15H,5-7H2,(H,16,19)(H,17,18)(H,20,21)/t10?,11-/m0/s1. The number of anilines is 1. The zero-order valence-corrected chi connectivity index (χ0v) is 11.2. The Bertz CT molecular complexity index is 547. The van der Waals surface area contributed by atoms with Crippen LogP contribution in [0.25, 0.3) is 0 Å². The lowest BCUT2D eigenvalue weighted by Gasteiger charge is -2.17. The van der Waals surface area contributed by atoms with E-state index in [0.717, 1.165) is 11.3 Å². The predicted octanol–water partition coefficient (Wildman–Crippen LogP) is 0.457. The molecule has 0 radical (unpaired) electrons. The molecule has 0 aromatic heterocycles. The average Bonchev–Trinajstić information content (AvgIpc) is 2.86. The van der Waals surface area contributed by atoms with Gasteiger partial charge in [-0.15, -0.1) is 0 Å². The third-order valence-corrected chi connectivity index (χ3v) is 3.35. The van der Waals surface area contributed by atoms with Crippen molar-refractivity contribution in [2.75, 3.05) is 5.32 Å². The highest BCUT2D eigenvalue weighted by Gasteiger charge is 2.29. The number of carbonyl (C=O) groups excluding carboxylic acids is 1. The molecule has 7 heteroatoms. The minimum atomic E-state index is -1.24. The van der Waals surface area contributed by atoms with E-state index in [1.165, 1.54) is 0 Å². The SMILES string of the molecule is O=C(O)CCC(NC(=O)[C@@H]1Cc2ccccc2N1)C(=O)O. The summed E-state index contributed by atoms with van der Waals surface area (Å²) < 4.78 is 0. The van der Waals surface area contributed by atoms with Crippen molar-refractivity contribution >= 4 is 23.5 Å². The van der Waals surface area contributed by atoms with Crippen molar-refractivity contribution < 1.29 is 24.6 Å². The summed E-state index contributed by atoms with van der Waals surface area (Å²) in [5.41, 5.74) is 1.85. The number of hydrogen-bond donors (Lipinski definition) is 4. The van der Waals surface area contributed by atoms with Crippen LogP contribution in [0.5, 0.6) is 0 Å². The van der Waals surface area contributed by atoms with E-state index < -0.39 is 29.9 Å². The van der Waals surface area contributed by atoms with Gasteiger partial charge in [-0.3, -0.25) is 9.59 Å². The monoisotopic (exact) mass is 292 g/mol. The van der Waals surface area contributed by atoms with Crippen LogP contribution in [0.15, 0.2) is 24.3 Å². The van der Waals surface area contributed by atoms with Gasteiger partial charge in [0, 0.05) is 18.5 Å². The fourth-order valence-corrected chi connectivity index (χ4v) is 2.25. The minimum Gasteiger partial charge on any atom is -0.481 e. The molecule has 0 spiro atoms. The Labute approximate surface area is 121 Å². The van der Waals surface area contributed by atoms with E-state index in [1.54, 1.807) is 0 Å². The number of carboxylic acids is 2. The van der Waals surface area contributed by atoms with Gasteiger partial charge in [0.1, 0.15) is 12.1 Å². The summed E-state index contributed by atoms with van der Waals surface area (Å²) in [6.45, 7) is 0. The van der Waals surface area contributed by atoms with Gasteiger partial charge in [0.15, 0.2) is 0 Å². The van der Waals surface area contributed by atoms with Crippen LogP contribution in [-0.4, -0.2) is 40.1 Å². The van der Waals surface area contributed by atoms with Crippen LogP contribution in [-0.2, 0) is 20.8 Å². The topological polar surface area (TPSA) is 116 Å². The smallest absolute Gasteiger partial charge is 0.326 e. The van der Waals surface area contributed by atoms with E-state index in [0.29, 0.717) is 6.42 Å². The van der Waals surface area contributed by atoms with Crippen molar-refractivity contribution in [2.24, 2.45) is 0 Å². The van der Waals surface area contributed by atoms with Crippen LogP contribution in [0.4, 0.5) is 5.69 Å². The first kappa shape index (κ1) is 14.8. The number of amides is 1. The molecule has 4 N–H and O–H groups in total. The summed E-state index contributed by atoms with van der Waals surface area (Å²) in [6.07, 6.45) is 0.0267. The van der Waals surface area contributed by atoms with Crippen LogP contribution >= 0.6 is 0 Å². The van der Waals surface area contributed by atoms with E-state index in [2.05, 4.69) is 10.6 Å². The zero-order valence-electron chi connectivity index (χ0n) is 11.2. The normalized spacial score (nSPS) is 17.4. The predicted molar refractivity (Wildman–Crippen MR) is 74.0 cm³/mol. The molecule has 1 aliphatic heterocycles. The van der Waals surface area contributed by atoms with Gasteiger partial charge < -0.3 is 20.8 Å². The highest BCUT2D eigenvalue weighted by atomic mass is 16.4. The Morgan fingerprint density at radius 2 is 2.00 bits per heavy atom. The van der Waals surface area contributed by atoms with Gasteiger partial charge in [-0.2, -0.15) is 0 Å². The van der Waals surface area contributed by atoms with Crippen molar-refractivity contribution in [2.45, 2.75) is 31.3 Å². The molecule has 21 heavy (non-hydrogen) atoms. The highest BCUT2D eigenvalue weighted by molar-refractivity contribution is 5.90. The summed E-state index contributed by atoms with van der Waals surface area (Å²) in [5.74, 6) is -2.77. The summed E-state index contributed by atoms with van der Waals surface area (Å²) in [7, 11) is 0. The lowest BCUT2D eigenvalue weighted by molar-refractivity contribution is -0.143. The molecule has 1 amide bonds. The molecular weight excluding hydrogens is 276 g/mol. The number of para-hydroxylation sites is 1. The fourth-order valence-electron chi connectivity index (χ4n) is 2.25. The molecule has 1 unspecified atom stereocenters. The van der Waals surface area contributed by atoms with Crippen LogP contribution in [0.2, 0.25) is 0 Å². The molecule has 1 heterocycles. The Kier molecular flexibility index (Phi) is 4.42. The number of hydrogen-bond acceptors (Lipinski definition) is 4. The Morgan fingerprint density at radius 3 is 2.62 bits per heavy atom. The second kappa shape index (κ2) is 6.25. The summed E-state index contributed by atoms with van der Waals surface area (Å²) in [6, 6.07) is 5.73. The number of benzene rings is 1. The van der Waals surface area contributed by atoms with E-state index >= 15 is 0 Å². The molecule has 7 nitrogen and oxygen atoms in total. The van der Waals surface area contributed by atoms with E-state index in [-0.39, 0.29) is 12.8 Å². The van der Waals surface area contributed by atoms with Crippen molar-refractivity contribution in [1.82, 2.24) is 5.32 Å². The van der Waals surface area contributed by atoms with Crippen molar-refractivity contribution in [3.05, 3.63) is 29.8 Å². The van der Waals surface area contributed by atoms with Gasteiger partial charge in [-0.05, 0) is 18.1 Å². The maximum absolute atomic E-state index is 12.1. The van der Waals surface area contributed by atoms with Gasteiger partial charge in [-0.1, -0.05) is 18.2 Å². The van der Waals surface area contributed by atoms with Gasteiger partial charge in [0.25, 0.3) is 0 Å². The molecular formula is C14H16N2O5. The van der Waals surface area contributed by atoms with Crippen LogP contribution in [0, 0.1) is 0 Å². The Hall–Kier alpha value is -2.57. The van der Waals surface area contributed by atoms with Crippen molar-refractivity contribution in [3.63, 3.8) is 0 Å². The molecule has 1 aromatic carbocycles. The van der Waals surface area contributed by atoms with Gasteiger partial charge in [0.05, 0.1) is 0 Å². The number of carbonyl (C=O) groups is 3. The first-order valence-corrected chi connectivity index (χ1v) is 6.57. The number of fused-ring (bicyclic) bond motifs is 1. The molecule has 2 rings (SSSR count). The maximum Gasteiger partial charge on any atom is 0.326 e. The third kappa shape index (κ3) is 3.71. The van der Waals surface area contributed by atoms with E-state index in [4.69, 9.17) is 10.2 Å². The third-order valence-electron chi connectivity index (χ3n) is 3.35. The Morgan fingerprint density at radius 1 is 1.29 bits per heavy atom. The number of aliphatic carboxylic acids is 2. The number of nitrogens with one attached hydrogen (secondary N) is 2. The highest BCUT2D eigenvalue weighted by Crippen LogP contribution is 2.25. The fraction of sp³-hybridized carbons (Fsp3) is 0.357. The molecule has 0 saturated heterocycles. The maximum atomic E-state index is 12.1. The van der Waals surface area contributed by atoms with E-state index in [1.807, 2.05) is 24.3 Å². The summed E-state index contributed by atoms with van der Waals surface area (Å²) in [5, 5.41) is 23.0. The molecule has 0 bridgehead atoms. The first-order chi connectivity index (χ1) is 9.97. The van der Waals surface area contributed by atoms with Crippen LogP contribution < -0.4 is 10.6 Å². The lowest BCUT2D eigenvalue weighted by atomic mass is 10.1. The second-order valence-corrected chi connectivity index (χ2v) is 4.89. The molecule has 1 aromatic rings. The molecule has 1 aliphatic rings. The lowest BCUT2D eigenvalue weighted by Crippen LogP contribution is -2.47. The van der Waals surface area contributed by atoms with Crippen LogP contribution in [0.1, 0.15) is 18.4 Å². The van der Waals surface area contributed by atoms with Gasteiger partial charge >= 0.3 is 11.9 Å². The van der Waals surface area contributed by atoms with Gasteiger partial charge in [-0.25, -0.2) is 4.79 Å². The molecule has 2 atom stereocenters. The minimum absolute atomic E-state index is 0.143. The van der Waals surface area contributed by atoms with Gasteiger partial charge in [0.2, 0.25) is 5.91 Å². The summed E-state index contributed by atoms with van der Waals surface area (Å²) >= 11 is 0. The summed E-state index contributed by atoms with van der Waals surface area (Å²) in [4.78, 5) is 33.6. The molecule has 0 fully saturated rings. The molecule has 0 aliphatic carbocycles.